The number of likely N-dealkylation sites (N-methyl/N-ethyl adjacent to an activating group) is 1. The van der Waals surface area contributed by atoms with Crippen molar-refractivity contribution < 1.29 is 5.21 Å². The van der Waals surface area contributed by atoms with Crippen LogP contribution in [-0.4, -0.2) is 30.3 Å². The van der Waals surface area contributed by atoms with Crippen molar-refractivity contribution in [2.45, 2.75) is 0 Å². The first kappa shape index (κ1) is 10.7. The largest absolute Gasteiger partial charge is 0.733 e. The fourth-order valence-corrected chi connectivity index (χ4v) is 0.900. The van der Waals surface area contributed by atoms with E-state index in [2.05, 4.69) is 15.6 Å². The molecule has 0 saturated heterocycles. The van der Waals surface area contributed by atoms with E-state index in [0.29, 0.717) is 18.9 Å². The fourth-order valence-electron chi connectivity index (χ4n) is 0.900. The molecule has 1 rings (SSSR count). The van der Waals surface area contributed by atoms with Crippen LogP contribution in [0.25, 0.3) is 5.32 Å². The lowest BCUT2D eigenvalue weighted by atomic mass is 10.4. The Balaban J connectivity index is 2.47. The van der Waals surface area contributed by atoms with Gasteiger partial charge in [0.15, 0.2) is 0 Å². The summed E-state index contributed by atoms with van der Waals surface area (Å²) in [5.41, 5.74) is 0.107. The first-order valence-corrected chi connectivity index (χ1v) is 4.15. The molecule has 0 bridgehead atoms. The molecule has 0 saturated carbocycles. The third kappa shape index (κ3) is 3.17. The zero-order valence-corrected chi connectivity index (χ0v) is 7.84. The molecule has 6 nitrogen and oxygen atoms in total. The molecule has 0 aromatic carbocycles. The third-order valence-electron chi connectivity index (χ3n) is 1.61. The fraction of sp³-hybridized carbons (Fsp3) is 0.375. The van der Waals surface area contributed by atoms with Gasteiger partial charge in [-0.3, -0.25) is 5.21 Å². The molecule has 1 heterocycles. The topological polar surface area (TPSA) is 85.6 Å². The number of pyridine rings is 1. The van der Waals surface area contributed by atoms with Crippen molar-refractivity contribution in [1.29, 1.82) is 0 Å². The van der Waals surface area contributed by atoms with E-state index >= 15 is 0 Å². The quantitative estimate of drug-likeness (QED) is 0.545. The number of nitrogens with one attached hydrogen (secondary N) is 1. The Bertz CT molecular complexity index is 263. The van der Waals surface area contributed by atoms with Gasteiger partial charge in [0.2, 0.25) is 0 Å². The average molecular weight is 196 g/mol. The number of anilines is 2. The van der Waals surface area contributed by atoms with E-state index in [4.69, 9.17) is 5.21 Å². The lowest BCUT2D eigenvalue weighted by Crippen LogP contribution is -2.09. The summed E-state index contributed by atoms with van der Waals surface area (Å²) < 4.78 is 0. The van der Waals surface area contributed by atoms with Crippen LogP contribution in [0.3, 0.4) is 0 Å². The van der Waals surface area contributed by atoms with E-state index in [1.54, 1.807) is 13.1 Å². The lowest BCUT2D eigenvalue weighted by molar-refractivity contribution is 0.296. The zero-order valence-electron chi connectivity index (χ0n) is 7.84. The van der Waals surface area contributed by atoms with Gasteiger partial charge < -0.3 is 21.1 Å². The van der Waals surface area contributed by atoms with E-state index < -0.39 is 0 Å². The van der Waals surface area contributed by atoms with E-state index in [-0.39, 0.29) is 10.9 Å². The van der Waals surface area contributed by atoms with Gasteiger partial charge >= 0.3 is 0 Å². The van der Waals surface area contributed by atoms with E-state index in [1.807, 2.05) is 0 Å². The molecule has 0 spiro atoms. The number of nitrogens with zero attached hydrogens (tertiary/aromatic N) is 3. The van der Waals surface area contributed by atoms with Gasteiger partial charge in [-0.2, -0.15) is 7.05 Å². The van der Waals surface area contributed by atoms with Crippen LogP contribution in [0.4, 0.5) is 11.5 Å². The van der Waals surface area contributed by atoms with Gasteiger partial charge in [-0.1, -0.05) is 0 Å². The van der Waals surface area contributed by atoms with Crippen molar-refractivity contribution in [2.75, 3.05) is 30.7 Å². The number of rotatable bonds is 5. The summed E-state index contributed by atoms with van der Waals surface area (Å²) in [6, 6.07) is 3.09. The third-order valence-corrected chi connectivity index (χ3v) is 1.61. The van der Waals surface area contributed by atoms with Crippen LogP contribution < -0.4 is 10.5 Å². The van der Waals surface area contributed by atoms with Crippen molar-refractivity contribution in [1.82, 2.24) is 4.98 Å². The van der Waals surface area contributed by atoms with Crippen LogP contribution in [0.2, 0.25) is 0 Å². The summed E-state index contributed by atoms with van der Waals surface area (Å²) in [6.07, 6.45) is 1.29. The van der Waals surface area contributed by atoms with Crippen LogP contribution in [0, 0.1) is 5.21 Å². The molecule has 78 valence electrons. The van der Waals surface area contributed by atoms with Crippen LogP contribution >= 0.6 is 0 Å². The van der Waals surface area contributed by atoms with Gasteiger partial charge in [0, 0.05) is 0 Å². The molecule has 0 aliphatic rings. The van der Waals surface area contributed by atoms with Crippen molar-refractivity contribution in [3.63, 3.8) is 0 Å². The zero-order chi connectivity index (χ0) is 10.4. The second-order valence-corrected chi connectivity index (χ2v) is 2.64. The maximum absolute atomic E-state index is 10.4. The molecule has 0 fully saturated rings. The van der Waals surface area contributed by atoms with Crippen LogP contribution in [0.5, 0.6) is 0 Å². The second-order valence-electron chi connectivity index (χ2n) is 2.64. The Kier molecular flexibility index (Phi) is 4.11. The summed E-state index contributed by atoms with van der Waals surface area (Å²) in [5.74, 6) is 0.652. The van der Waals surface area contributed by atoms with E-state index in [1.165, 1.54) is 12.3 Å². The van der Waals surface area contributed by atoms with E-state index in [0.717, 1.165) is 0 Å². The molecular weight excluding hydrogens is 184 g/mol. The Morgan fingerprint density at radius 2 is 2.43 bits per heavy atom. The maximum Gasteiger partial charge on any atom is 0.125 e. The number of aromatic nitrogens is 1. The first-order valence-electron chi connectivity index (χ1n) is 4.15. The minimum absolute atomic E-state index is 0.107. The second kappa shape index (κ2) is 5.38. The summed E-state index contributed by atoms with van der Waals surface area (Å²) >= 11 is 0. The minimum Gasteiger partial charge on any atom is -0.733 e. The van der Waals surface area contributed by atoms with Gasteiger partial charge in [-0.05, 0) is 18.7 Å². The molecule has 0 aliphatic carbocycles. The first-order chi connectivity index (χ1) is 6.74. The normalized spacial score (nSPS) is 9.93. The van der Waals surface area contributed by atoms with Gasteiger partial charge in [0.1, 0.15) is 5.82 Å². The highest BCUT2D eigenvalue weighted by Gasteiger charge is 1.93. The average Bonchev–Trinajstić information content (AvgIpc) is 2.19. The smallest absolute Gasteiger partial charge is 0.125 e. The van der Waals surface area contributed by atoms with Gasteiger partial charge in [-0.15, -0.1) is 6.54 Å². The summed E-state index contributed by atoms with van der Waals surface area (Å²) in [4.78, 5) is 3.92. The molecule has 0 atom stereocenters. The van der Waals surface area contributed by atoms with Crippen LogP contribution in [0.1, 0.15) is 0 Å². The molecule has 14 heavy (non-hydrogen) atoms. The highest BCUT2D eigenvalue weighted by molar-refractivity contribution is 5.47. The Morgan fingerprint density at radius 3 is 2.93 bits per heavy atom. The highest BCUT2D eigenvalue weighted by Crippen LogP contribution is 2.11. The monoisotopic (exact) mass is 196 g/mol. The Labute approximate surface area is 82.1 Å². The molecule has 2 N–H and O–H groups in total. The molecule has 6 heteroatoms. The van der Waals surface area contributed by atoms with E-state index in [9.17, 15) is 5.21 Å². The summed E-state index contributed by atoms with van der Waals surface area (Å²) in [6.45, 7) is 1.40. The number of hydrogen-bond acceptors (Lipinski definition) is 5. The predicted molar refractivity (Wildman–Crippen MR) is 54.5 cm³/mol. The summed E-state index contributed by atoms with van der Waals surface area (Å²) in [7, 11) is 1.74. The predicted octanol–water partition coefficient (Wildman–Crippen LogP) is 1.19. The van der Waals surface area contributed by atoms with Crippen LogP contribution in [0.15, 0.2) is 18.3 Å². The SMILES string of the molecule is C[N-]CCNc1ccc(N([O-])O)cn1. The van der Waals surface area contributed by atoms with Crippen molar-refractivity contribution >= 4 is 11.5 Å². The van der Waals surface area contributed by atoms with Crippen molar-refractivity contribution in [2.24, 2.45) is 0 Å². The molecular formula is C8H12N4O2-2. The Morgan fingerprint density at radius 1 is 1.64 bits per heavy atom. The maximum atomic E-state index is 10.4. The van der Waals surface area contributed by atoms with Crippen LogP contribution in [-0.2, 0) is 0 Å². The molecule has 1 aromatic heterocycles. The lowest BCUT2D eigenvalue weighted by Gasteiger charge is -2.21. The van der Waals surface area contributed by atoms with Gasteiger partial charge in [0.05, 0.1) is 11.9 Å². The minimum atomic E-state index is -0.224. The standard InChI is InChI=1S/C8H12N4O2/c1-9-4-5-10-8-3-2-7(6-11-8)12(13)14/h2-3,6,13H,4-5H2,1H3,(H,10,11)/q-2. The summed E-state index contributed by atoms with van der Waals surface area (Å²) in [5, 5.41) is 25.6. The molecule has 0 aliphatic heterocycles. The highest BCUT2D eigenvalue weighted by atomic mass is 16.8. The van der Waals surface area contributed by atoms with Crippen molar-refractivity contribution in [3.8, 4) is 0 Å². The van der Waals surface area contributed by atoms with Gasteiger partial charge in [-0.25, -0.2) is 4.98 Å². The molecule has 0 radical (unpaired) electrons. The molecule has 0 unspecified atom stereocenters. The van der Waals surface area contributed by atoms with Crippen molar-refractivity contribution in [3.05, 3.63) is 28.9 Å². The van der Waals surface area contributed by atoms with Gasteiger partial charge in [0.25, 0.3) is 0 Å². The number of hydrogen-bond donors (Lipinski definition) is 2. The Hall–Kier alpha value is -1.37. The molecule has 1 aromatic rings. The molecule has 0 amide bonds.